The Labute approximate surface area is 138 Å². The van der Waals surface area contributed by atoms with E-state index in [0.717, 1.165) is 5.70 Å². The van der Waals surface area contributed by atoms with Crippen LogP contribution in [0.5, 0.6) is 0 Å². The van der Waals surface area contributed by atoms with E-state index in [1.807, 2.05) is 18.9 Å². The van der Waals surface area contributed by atoms with Gasteiger partial charge in [0.2, 0.25) is 0 Å². The largest absolute Gasteiger partial charge is 0.472 e. The summed E-state index contributed by atoms with van der Waals surface area (Å²) in [7, 11) is -2.13. The minimum absolute atomic E-state index is 0.00295. The molecule has 2 saturated heterocycles. The van der Waals surface area contributed by atoms with Crippen molar-refractivity contribution in [2.24, 2.45) is 16.6 Å². The van der Waals surface area contributed by atoms with Gasteiger partial charge in [0, 0.05) is 13.0 Å². The topological polar surface area (TPSA) is 131 Å². The molecule has 6 atom stereocenters. The van der Waals surface area contributed by atoms with E-state index in [1.54, 1.807) is 0 Å². The molecule has 0 saturated carbocycles. The Hall–Kier alpha value is -1.58. The first-order valence-corrected chi connectivity index (χ1v) is 9.12. The van der Waals surface area contributed by atoms with Gasteiger partial charge in [-0.05, 0) is 0 Å². The monoisotopic (exact) mass is 357 g/mol. The summed E-state index contributed by atoms with van der Waals surface area (Å²) >= 11 is 0. The van der Waals surface area contributed by atoms with Gasteiger partial charge in [0.1, 0.15) is 24.1 Å². The van der Waals surface area contributed by atoms with Gasteiger partial charge < -0.3 is 30.9 Å². The Balaban J connectivity index is 1.68. The highest BCUT2D eigenvalue weighted by atomic mass is 31.2. The van der Waals surface area contributed by atoms with Gasteiger partial charge in [-0.2, -0.15) is 4.99 Å². The fourth-order valence-corrected chi connectivity index (χ4v) is 4.83. The highest BCUT2D eigenvalue weighted by Crippen LogP contribution is 2.52. The molecule has 2 fully saturated rings. The quantitative estimate of drug-likeness (QED) is 0.418. The van der Waals surface area contributed by atoms with Gasteiger partial charge in [0.15, 0.2) is 11.8 Å². The highest BCUT2D eigenvalue weighted by molar-refractivity contribution is 7.47. The maximum atomic E-state index is 11.8. The molecule has 0 bridgehead atoms. The molecular formula is C13H20N5O5P. The number of phosphoric ester groups is 1. The summed E-state index contributed by atoms with van der Waals surface area (Å²) < 4.78 is 27.9. The van der Waals surface area contributed by atoms with Gasteiger partial charge in [0.25, 0.3) is 0 Å². The predicted molar refractivity (Wildman–Crippen MR) is 84.1 cm³/mol. The molecule has 4 heterocycles. The third-order valence-corrected chi connectivity index (χ3v) is 5.80. The zero-order valence-corrected chi connectivity index (χ0v) is 14.2. The van der Waals surface area contributed by atoms with Crippen LogP contribution in [0.2, 0.25) is 0 Å². The summed E-state index contributed by atoms with van der Waals surface area (Å²) in [5.41, 5.74) is 7.16. The van der Waals surface area contributed by atoms with Crippen LogP contribution >= 0.6 is 7.82 Å². The van der Waals surface area contributed by atoms with Gasteiger partial charge in [0.05, 0.1) is 18.3 Å². The second kappa shape index (κ2) is 5.21. The van der Waals surface area contributed by atoms with Crippen LogP contribution in [0.1, 0.15) is 6.92 Å². The van der Waals surface area contributed by atoms with Crippen molar-refractivity contribution in [1.82, 2.24) is 15.5 Å². The fraction of sp³-hybridized carbons (Fsp3) is 0.615. The van der Waals surface area contributed by atoms with Crippen LogP contribution in [0.25, 0.3) is 0 Å². The first kappa shape index (κ1) is 15.9. The van der Waals surface area contributed by atoms with Crippen molar-refractivity contribution in [2.45, 2.75) is 31.4 Å². The van der Waals surface area contributed by atoms with Crippen molar-refractivity contribution < 1.29 is 23.2 Å². The van der Waals surface area contributed by atoms with E-state index in [2.05, 4.69) is 22.2 Å². The number of fused-ring (bicyclic) bond motifs is 2. The standard InChI is InChI=1S/C13H20N5O5P/c1-5-8-12(22-7-4-21-24(19,20)23-10(5)7)16-11-9(18(8)3)6(2)15-13(14)17-11/h5,7-8,10,12,16H,2,4H2,1,3H3,(H,19,20)(H3,14,15,17). The minimum atomic E-state index is -4.03. The fourth-order valence-electron chi connectivity index (χ4n) is 3.80. The maximum Gasteiger partial charge on any atom is 0.472 e. The van der Waals surface area contributed by atoms with E-state index in [0.29, 0.717) is 11.5 Å². The molecule has 5 N–H and O–H groups in total. The van der Waals surface area contributed by atoms with Crippen molar-refractivity contribution in [3.05, 3.63) is 23.8 Å². The Kier molecular flexibility index (Phi) is 3.45. The Bertz CT molecular complexity index is 709. The summed E-state index contributed by atoms with van der Waals surface area (Å²) in [5.74, 6) is 0.738. The number of ether oxygens (including phenoxy) is 1. The summed E-state index contributed by atoms with van der Waals surface area (Å²) in [6.07, 6.45) is -1.36. The van der Waals surface area contributed by atoms with Gasteiger partial charge in [-0.25, -0.2) is 4.57 Å². The molecule has 4 rings (SSSR count). The molecule has 11 heteroatoms. The van der Waals surface area contributed by atoms with Crippen molar-refractivity contribution in [3.63, 3.8) is 0 Å². The molecule has 10 nitrogen and oxygen atoms in total. The smallest absolute Gasteiger partial charge is 0.369 e. The van der Waals surface area contributed by atoms with Crippen LogP contribution in [-0.2, 0) is 18.3 Å². The molecule has 0 amide bonds. The Morgan fingerprint density at radius 2 is 2.29 bits per heavy atom. The van der Waals surface area contributed by atoms with Crippen LogP contribution in [0.15, 0.2) is 28.8 Å². The number of hydrogen-bond acceptors (Lipinski definition) is 9. The molecule has 0 aliphatic carbocycles. The molecule has 0 spiro atoms. The number of guanidine groups is 1. The Morgan fingerprint density at radius 1 is 1.54 bits per heavy atom. The van der Waals surface area contributed by atoms with Gasteiger partial charge in [-0.15, -0.1) is 0 Å². The molecule has 4 aliphatic rings. The molecule has 6 unspecified atom stereocenters. The van der Waals surface area contributed by atoms with Crippen LogP contribution in [-0.4, -0.2) is 53.9 Å². The van der Waals surface area contributed by atoms with Gasteiger partial charge >= 0.3 is 7.82 Å². The summed E-state index contributed by atoms with van der Waals surface area (Å²) in [6, 6.07) is -0.142. The summed E-state index contributed by atoms with van der Waals surface area (Å²) in [6.45, 7) is 5.94. The zero-order valence-electron chi connectivity index (χ0n) is 13.3. The number of nitrogens with two attached hydrogens (primary N) is 1. The molecule has 0 radical (unpaired) electrons. The van der Waals surface area contributed by atoms with Crippen molar-refractivity contribution in [2.75, 3.05) is 13.7 Å². The number of likely N-dealkylation sites (N-methyl/N-ethyl adjacent to an activating group) is 1. The Morgan fingerprint density at radius 3 is 3.04 bits per heavy atom. The molecule has 24 heavy (non-hydrogen) atoms. The lowest BCUT2D eigenvalue weighted by Crippen LogP contribution is -2.67. The minimum Gasteiger partial charge on any atom is -0.369 e. The van der Waals surface area contributed by atoms with Crippen LogP contribution in [0.4, 0.5) is 0 Å². The van der Waals surface area contributed by atoms with Gasteiger partial charge in [-0.3, -0.25) is 9.05 Å². The molecular weight excluding hydrogens is 337 g/mol. The predicted octanol–water partition coefficient (Wildman–Crippen LogP) is -0.632. The molecule has 0 aromatic rings. The number of hydrogen-bond donors (Lipinski definition) is 4. The lowest BCUT2D eigenvalue weighted by atomic mass is 9.85. The highest BCUT2D eigenvalue weighted by Gasteiger charge is 2.53. The number of nitrogens with one attached hydrogen (secondary N) is 2. The van der Waals surface area contributed by atoms with Crippen molar-refractivity contribution in [3.8, 4) is 0 Å². The molecule has 0 aromatic carbocycles. The summed E-state index contributed by atoms with van der Waals surface area (Å²) in [5, 5.41) is 6.14. The van der Waals surface area contributed by atoms with E-state index >= 15 is 0 Å². The lowest BCUT2D eigenvalue weighted by Gasteiger charge is -2.53. The number of aliphatic imine (C=N–C) groups is 1. The van der Waals surface area contributed by atoms with Crippen molar-refractivity contribution in [1.29, 1.82) is 0 Å². The molecule has 4 aliphatic heterocycles. The van der Waals surface area contributed by atoms with Crippen LogP contribution < -0.4 is 16.4 Å². The first-order chi connectivity index (χ1) is 11.3. The molecule has 0 aromatic heterocycles. The maximum absolute atomic E-state index is 11.8. The van der Waals surface area contributed by atoms with Crippen LogP contribution in [0.3, 0.4) is 0 Å². The zero-order chi connectivity index (χ0) is 17.2. The average molecular weight is 357 g/mol. The second-order valence-corrected chi connectivity index (χ2v) is 7.74. The van der Waals surface area contributed by atoms with E-state index < -0.39 is 20.0 Å². The van der Waals surface area contributed by atoms with Crippen molar-refractivity contribution >= 4 is 13.8 Å². The number of rotatable bonds is 0. The summed E-state index contributed by atoms with van der Waals surface area (Å²) in [4.78, 5) is 15.9. The average Bonchev–Trinajstić information content (AvgIpc) is 2.46. The second-order valence-electron chi connectivity index (χ2n) is 6.33. The van der Waals surface area contributed by atoms with E-state index in [9.17, 15) is 9.46 Å². The lowest BCUT2D eigenvalue weighted by molar-refractivity contribution is -0.205. The van der Waals surface area contributed by atoms with E-state index in [-0.39, 0.29) is 30.8 Å². The number of nitrogens with zero attached hydrogens (tertiary/aromatic N) is 2. The normalized spacial score (nSPS) is 44.6. The molecule has 132 valence electrons. The van der Waals surface area contributed by atoms with Crippen LogP contribution in [0, 0.1) is 5.92 Å². The van der Waals surface area contributed by atoms with E-state index in [4.69, 9.17) is 19.5 Å². The third kappa shape index (κ3) is 2.34. The third-order valence-electron chi connectivity index (χ3n) is 4.81. The SMILES string of the molecule is C=C1NC(N)=NC2=C1N(C)C1C(N2)OC2COP(=O)(O)OC2C1C. The number of phosphoric acid groups is 1. The van der Waals surface area contributed by atoms with Gasteiger partial charge in [-0.1, -0.05) is 13.5 Å². The van der Waals surface area contributed by atoms with E-state index in [1.165, 1.54) is 0 Å². The first-order valence-electron chi connectivity index (χ1n) is 7.62.